The van der Waals surface area contributed by atoms with Crippen molar-refractivity contribution in [3.05, 3.63) is 47.7 Å². The zero-order chi connectivity index (χ0) is 15.1. The van der Waals surface area contributed by atoms with Crippen LogP contribution < -0.4 is 10.6 Å². The topological polar surface area (TPSA) is 54.3 Å². The van der Waals surface area contributed by atoms with Gasteiger partial charge < -0.3 is 15.1 Å². The Morgan fingerprint density at radius 1 is 1.09 bits per heavy atom. The maximum Gasteiger partial charge on any atom is 0.287 e. The second-order valence-corrected chi connectivity index (χ2v) is 4.93. The van der Waals surface area contributed by atoms with Gasteiger partial charge in [0.1, 0.15) is 5.76 Å². The third kappa shape index (κ3) is 4.90. The van der Waals surface area contributed by atoms with Gasteiger partial charge >= 0.3 is 0 Å². The van der Waals surface area contributed by atoms with Gasteiger partial charge in [0.15, 0.2) is 5.76 Å². The van der Waals surface area contributed by atoms with Crippen LogP contribution in [0.1, 0.15) is 29.5 Å². The average Bonchev–Trinajstić information content (AvgIpc) is 3.01. The van der Waals surface area contributed by atoms with Gasteiger partial charge in [-0.05, 0) is 44.1 Å². The fourth-order valence-electron chi connectivity index (χ4n) is 2.07. The summed E-state index contributed by atoms with van der Waals surface area (Å²) < 4.78 is 5.63. The van der Waals surface area contributed by atoms with E-state index in [-0.39, 0.29) is 18.3 Å². The molecule has 0 bridgehead atoms. The lowest BCUT2D eigenvalue weighted by Crippen LogP contribution is -2.26. The van der Waals surface area contributed by atoms with Crippen molar-refractivity contribution in [3.63, 3.8) is 0 Å². The van der Waals surface area contributed by atoms with E-state index in [9.17, 15) is 4.79 Å². The first kappa shape index (κ1) is 18.3. The average molecular weight is 323 g/mol. The van der Waals surface area contributed by atoms with Crippen molar-refractivity contribution in [2.24, 2.45) is 0 Å². The summed E-state index contributed by atoms with van der Waals surface area (Å²) in [4.78, 5) is 11.9. The second kappa shape index (κ2) is 9.28. The Hall–Kier alpha value is -1.78. The van der Waals surface area contributed by atoms with Gasteiger partial charge in [0.05, 0.1) is 0 Å². The largest absolute Gasteiger partial charge is 0.451 e. The molecule has 0 spiro atoms. The summed E-state index contributed by atoms with van der Waals surface area (Å²) in [5.74, 6) is 0.912. The van der Waals surface area contributed by atoms with Crippen LogP contribution in [-0.4, -0.2) is 26.0 Å². The van der Waals surface area contributed by atoms with E-state index in [1.807, 2.05) is 25.2 Å². The highest BCUT2D eigenvalue weighted by atomic mass is 35.5. The number of halogens is 1. The molecule has 2 N–H and O–H groups in total. The van der Waals surface area contributed by atoms with Crippen molar-refractivity contribution in [1.82, 2.24) is 10.6 Å². The first-order valence-electron chi connectivity index (χ1n) is 7.36. The summed E-state index contributed by atoms with van der Waals surface area (Å²) >= 11 is 0. The van der Waals surface area contributed by atoms with E-state index in [2.05, 4.69) is 29.7 Å². The van der Waals surface area contributed by atoms with E-state index < -0.39 is 0 Å². The lowest BCUT2D eigenvalue weighted by atomic mass is 10.1. The van der Waals surface area contributed by atoms with E-state index in [0.29, 0.717) is 12.3 Å². The van der Waals surface area contributed by atoms with Crippen LogP contribution in [0.25, 0.3) is 11.3 Å². The normalized spacial score (nSPS) is 10.1. The third-order valence-corrected chi connectivity index (χ3v) is 3.37. The molecule has 22 heavy (non-hydrogen) atoms. The minimum atomic E-state index is -0.164. The Labute approximate surface area is 137 Å². The van der Waals surface area contributed by atoms with E-state index >= 15 is 0 Å². The number of hydrogen-bond donors (Lipinski definition) is 2. The van der Waals surface area contributed by atoms with Gasteiger partial charge in [-0.2, -0.15) is 0 Å². The van der Waals surface area contributed by atoms with Crippen LogP contribution in [-0.2, 0) is 6.42 Å². The molecule has 0 aliphatic heterocycles. The van der Waals surface area contributed by atoms with Crippen LogP contribution in [0.5, 0.6) is 0 Å². The molecule has 0 atom stereocenters. The SMILES string of the molecule is CCc1ccc(-c2ccc(C(=O)NCCCNC)o2)cc1.Cl. The molecule has 1 amide bonds. The molecular formula is C17H23ClN2O2. The van der Waals surface area contributed by atoms with Crippen molar-refractivity contribution in [3.8, 4) is 11.3 Å². The zero-order valence-corrected chi connectivity index (χ0v) is 13.8. The molecule has 1 aromatic heterocycles. The monoisotopic (exact) mass is 322 g/mol. The Morgan fingerprint density at radius 2 is 1.82 bits per heavy atom. The highest BCUT2D eigenvalue weighted by Gasteiger charge is 2.11. The van der Waals surface area contributed by atoms with Crippen LogP contribution >= 0.6 is 12.4 Å². The Bertz CT molecular complexity index is 579. The van der Waals surface area contributed by atoms with Gasteiger partial charge in [-0.25, -0.2) is 0 Å². The van der Waals surface area contributed by atoms with Crippen LogP contribution in [0, 0.1) is 0 Å². The number of aryl methyl sites for hydroxylation is 1. The van der Waals surface area contributed by atoms with E-state index in [1.54, 1.807) is 6.07 Å². The quantitative estimate of drug-likeness (QED) is 0.769. The number of carbonyl (C=O) groups is 1. The smallest absolute Gasteiger partial charge is 0.287 e. The molecule has 120 valence electrons. The summed E-state index contributed by atoms with van der Waals surface area (Å²) in [5.41, 5.74) is 2.27. The molecule has 2 aromatic rings. The first-order chi connectivity index (χ1) is 10.2. The van der Waals surface area contributed by atoms with Crippen molar-refractivity contribution < 1.29 is 9.21 Å². The molecular weight excluding hydrogens is 300 g/mol. The van der Waals surface area contributed by atoms with Crippen LogP contribution in [0.4, 0.5) is 0 Å². The van der Waals surface area contributed by atoms with E-state index in [4.69, 9.17) is 4.42 Å². The third-order valence-electron chi connectivity index (χ3n) is 3.37. The number of amides is 1. The van der Waals surface area contributed by atoms with Gasteiger partial charge in [0.25, 0.3) is 5.91 Å². The minimum Gasteiger partial charge on any atom is -0.451 e. The summed E-state index contributed by atoms with van der Waals surface area (Å²) in [5, 5.41) is 5.89. The molecule has 0 fully saturated rings. The molecule has 1 heterocycles. The van der Waals surface area contributed by atoms with Crippen LogP contribution in [0.3, 0.4) is 0 Å². The number of rotatable bonds is 7. The number of hydrogen-bond acceptors (Lipinski definition) is 3. The maximum atomic E-state index is 11.9. The lowest BCUT2D eigenvalue weighted by Gasteiger charge is -2.03. The predicted octanol–water partition coefficient (Wildman–Crippen LogP) is 3.27. The van der Waals surface area contributed by atoms with Crippen molar-refractivity contribution in [1.29, 1.82) is 0 Å². The van der Waals surface area contributed by atoms with Crippen molar-refractivity contribution in [2.75, 3.05) is 20.1 Å². The fourth-order valence-corrected chi connectivity index (χ4v) is 2.07. The standard InChI is InChI=1S/C17H22N2O2.ClH/c1-3-13-5-7-14(8-6-13)15-9-10-16(21-15)17(20)19-12-4-11-18-2;/h5-10,18H,3-4,11-12H2,1-2H3,(H,19,20);1H. The molecule has 0 radical (unpaired) electrons. The highest BCUT2D eigenvalue weighted by Crippen LogP contribution is 2.22. The van der Waals surface area contributed by atoms with E-state index in [0.717, 1.165) is 30.7 Å². The molecule has 4 nitrogen and oxygen atoms in total. The number of nitrogens with one attached hydrogen (secondary N) is 2. The van der Waals surface area contributed by atoms with Gasteiger partial charge in [-0.15, -0.1) is 12.4 Å². The maximum absolute atomic E-state index is 11.9. The molecule has 2 rings (SSSR count). The second-order valence-electron chi connectivity index (χ2n) is 4.93. The zero-order valence-electron chi connectivity index (χ0n) is 13.0. The summed E-state index contributed by atoms with van der Waals surface area (Å²) in [6.07, 6.45) is 1.91. The number of furan rings is 1. The van der Waals surface area contributed by atoms with Crippen molar-refractivity contribution >= 4 is 18.3 Å². The molecule has 0 aliphatic carbocycles. The van der Waals surface area contributed by atoms with Crippen LogP contribution in [0.2, 0.25) is 0 Å². The first-order valence-corrected chi connectivity index (χ1v) is 7.36. The summed E-state index contributed by atoms with van der Waals surface area (Å²) in [6, 6.07) is 11.8. The van der Waals surface area contributed by atoms with Gasteiger partial charge in [-0.1, -0.05) is 31.2 Å². The Kier molecular flexibility index (Phi) is 7.71. The molecule has 0 saturated heterocycles. The van der Waals surface area contributed by atoms with E-state index in [1.165, 1.54) is 5.56 Å². The summed E-state index contributed by atoms with van der Waals surface area (Å²) in [6.45, 7) is 3.65. The molecule has 0 aliphatic rings. The molecule has 0 saturated carbocycles. The van der Waals surface area contributed by atoms with Gasteiger partial charge in [0, 0.05) is 12.1 Å². The lowest BCUT2D eigenvalue weighted by molar-refractivity contribution is 0.0926. The highest BCUT2D eigenvalue weighted by molar-refractivity contribution is 5.92. The molecule has 0 unspecified atom stereocenters. The van der Waals surface area contributed by atoms with Crippen LogP contribution in [0.15, 0.2) is 40.8 Å². The fraction of sp³-hybridized carbons (Fsp3) is 0.353. The predicted molar refractivity (Wildman–Crippen MR) is 91.6 cm³/mol. The molecule has 5 heteroatoms. The minimum absolute atomic E-state index is 0. The number of benzene rings is 1. The Morgan fingerprint density at radius 3 is 2.45 bits per heavy atom. The molecule has 1 aromatic carbocycles. The van der Waals surface area contributed by atoms with Crippen molar-refractivity contribution in [2.45, 2.75) is 19.8 Å². The van der Waals surface area contributed by atoms with Gasteiger partial charge in [-0.3, -0.25) is 4.79 Å². The Balaban J connectivity index is 0.00000242. The summed E-state index contributed by atoms with van der Waals surface area (Å²) in [7, 11) is 1.89. The number of carbonyl (C=O) groups excluding carboxylic acids is 1. The van der Waals surface area contributed by atoms with Gasteiger partial charge in [0.2, 0.25) is 0 Å².